The molecule has 0 bridgehead atoms. The van der Waals surface area contributed by atoms with Crippen LogP contribution in [0.1, 0.15) is 69.7 Å². The summed E-state index contributed by atoms with van der Waals surface area (Å²) in [6.07, 6.45) is 5.32. The number of nitro groups is 1. The van der Waals surface area contributed by atoms with Crippen LogP contribution >= 0.6 is 11.6 Å². The molecule has 2 aliphatic rings. The Morgan fingerprint density at radius 2 is 1.89 bits per heavy atom. The lowest BCUT2D eigenvalue weighted by molar-refractivity contribution is -0.384. The molecule has 1 aromatic carbocycles. The van der Waals surface area contributed by atoms with Crippen molar-refractivity contribution in [2.24, 2.45) is 5.92 Å². The third kappa shape index (κ3) is 4.25. The maximum atomic E-state index is 12.7. The summed E-state index contributed by atoms with van der Waals surface area (Å²) in [7, 11) is 0. The van der Waals surface area contributed by atoms with Crippen LogP contribution in [0.15, 0.2) is 12.1 Å². The molecular weight excluding hydrogens is 382 g/mol. The fourth-order valence-corrected chi connectivity index (χ4v) is 4.18. The number of aliphatic hydroxyl groups is 1. The number of rotatable bonds is 6. The number of benzene rings is 1. The van der Waals surface area contributed by atoms with Crippen molar-refractivity contribution in [1.29, 1.82) is 0 Å². The van der Waals surface area contributed by atoms with E-state index in [1.165, 1.54) is 12.1 Å². The molecule has 1 aromatic rings. The number of amides is 1. The number of halogens is 1. The van der Waals surface area contributed by atoms with Gasteiger partial charge in [0.15, 0.2) is 0 Å². The molecule has 0 atom stereocenters. The standard InChI is InChI=1S/C20H28ClN3O4/c1-12-4-6-13(7-5-12)22-18(25)14-10-17(24(27)28)16(11-15(14)21)23-20(8-9-20)19(2,3)26/h10-13,23,26H,4-9H2,1-3H3,(H,22,25)/t12-,13-. The van der Waals surface area contributed by atoms with Crippen LogP contribution in [0.2, 0.25) is 5.02 Å². The number of nitro benzene ring substituents is 1. The molecule has 0 radical (unpaired) electrons. The summed E-state index contributed by atoms with van der Waals surface area (Å²) < 4.78 is 0. The van der Waals surface area contributed by atoms with Gasteiger partial charge >= 0.3 is 0 Å². The van der Waals surface area contributed by atoms with Gasteiger partial charge in [-0.15, -0.1) is 0 Å². The van der Waals surface area contributed by atoms with Gasteiger partial charge in [-0.1, -0.05) is 18.5 Å². The summed E-state index contributed by atoms with van der Waals surface area (Å²) in [6.45, 7) is 5.55. The van der Waals surface area contributed by atoms with Gasteiger partial charge in [0.1, 0.15) is 5.69 Å². The first-order chi connectivity index (χ1) is 13.0. The molecule has 0 aromatic heterocycles. The SMILES string of the molecule is CC(C)(O)C1(Nc2cc(Cl)c(C(=O)N[C@H]3CC[C@H](C)CC3)cc2[N+](=O)[O-])CC1. The largest absolute Gasteiger partial charge is 0.388 e. The molecule has 0 spiro atoms. The summed E-state index contributed by atoms with van der Waals surface area (Å²) in [6, 6.07) is 2.72. The summed E-state index contributed by atoms with van der Waals surface area (Å²) in [5.74, 6) is 0.275. The summed E-state index contributed by atoms with van der Waals surface area (Å²) in [4.78, 5) is 23.8. The van der Waals surface area contributed by atoms with Crippen molar-refractivity contribution in [3.05, 3.63) is 32.8 Å². The predicted octanol–water partition coefficient (Wildman–Crippen LogP) is 4.27. The molecule has 0 unspecified atom stereocenters. The first kappa shape index (κ1) is 20.9. The van der Waals surface area contributed by atoms with Crippen LogP contribution in [0.4, 0.5) is 11.4 Å². The summed E-state index contributed by atoms with van der Waals surface area (Å²) in [5.41, 5.74) is -1.56. The van der Waals surface area contributed by atoms with Gasteiger partial charge in [0, 0.05) is 12.1 Å². The number of nitrogens with one attached hydrogen (secondary N) is 2. The van der Waals surface area contributed by atoms with Crippen LogP contribution in [0.5, 0.6) is 0 Å². The second-order valence-electron chi connectivity index (χ2n) is 8.80. The molecule has 8 heteroatoms. The van der Waals surface area contributed by atoms with E-state index in [4.69, 9.17) is 11.6 Å². The topological polar surface area (TPSA) is 104 Å². The van der Waals surface area contributed by atoms with Crippen LogP contribution in [0.25, 0.3) is 0 Å². The van der Waals surface area contributed by atoms with Gasteiger partial charge in [-0.3, -0.25) is 14.9 Å². The highest BCUT2D eigenvalue weighted by atomic mass is 35.5. The van der Waals surface area contributed by atoms with Crippen LogP contribution in [0.3, 0.4) is 0 Å². The lowest BCUT2D eigenvalue weighted by Crippen LogP contribution is -2.44. The zero-order chi connectivity index (χ0) is 20.7. The molecule has 0 heterocycles. The second-order valence-corrected chi connectivity index (χ2v) is 9.21. The van der Waals surface area contributed by atoms with Crippen LogP contribution in [-0.4, -0.2) is 33.1 Å². The Morgan fingerprint density at radius 1 is 1.29 bits per heavy atom. The molecule has 3 rings (SSSR count). The average molecular weight is 410 g/mol. The summed E-state index contributed by atoms with van der Waals surface area (Å²) >= 11 is 6.32. The average Bonchev–Trinajstić information content (AvgIpc) is 3.37. The molecule has 3 N–H and O–H groups in total. The minimum Gasteiger partial charge on any atom is -0.388 e. The highest BCUT2D eigenvalue weighted by molar-refractivity contribution is 6.34. The minimum absolute atomic E-state index is 0.0709. The molecule has 154 valence electrons. The predicted molar refractivity (Wildman–Crippen MR) is 109 cm³/mol. The zero-order valence-electron chi connectivity index (χ0n) is 16.5. The first-order valence-electron chi connectivity index (χ1n) is 9.82. The Balaban J connectivity index is 1.83. The van der Waals surface area contributed by atoms with Gasteiger partial charge in [0.05, 0.1) is 26.6 Å². The van der Waals surface area contributed by atoms with E-state index in [0.29, 0.717) is 18.8 Å². The van der Waals surface area contributed by atoms with E-state index >= 15 is 0 Å². The van der Waals surface area contributed by atoms with Crippen molar-refractivity contribution < 1.29 is 14.8 Å². The minimum atomic E-state index is -1.04. The smallest absolute Gasteiger partial charge is 0.293 e. The van der Waals surface area contributed by atoms with Crippen LogP contribution in [0, 0.1) is 16.0 Å². The number of hydrogen-bond acceptors (Lipinski definition) is 5. The molecule has 0 aliphatic heterocycles. The van der Waals surface area contributed by atoms with Gasteiger partial charge < -0.3 is 15.7 Å². The van der Waals surface area contributed by atoms with Crippen molar-refractivity contribution in [3.63, 3.8) is 0 Å². The molecule has 2 aliphatic carbocycles. The van der Waals surface area contributed by atoms with Crippen molar-refractivity contribution in [2.75, 3.05) is 5.32 Å². The molecular formula is C20H28ClN3O4. The van der Waals surface area contributed by atoms with E-state index in [1.54, 1.807) is 13.8 Å². The van der Waals surface area contributed by atoms with E-state index < -0.39 is 16.1 Å². The zero-order valence-corrected chi connectivity index (χ0v) is 17.3. The monoisotopic (exact) mass is 409 g/mol. The Bertz CT molecular complexity index is 778. The Kier molecular flexibility index (Phi) is 5.60. The maximum Gasteiger partial charge on any atom is 0.293 e. The maximum absolute atomic E-state index is 12.7. The third-order valence-corrected chi connectivity index (χ3v) is 6.49. The van der Waals surface area contributed by atoms with Crippen LogP contribution < -0.4 is 10.6 Å². The molecule has 1 amide bonds. The van der Waals surface area contributed by atoms with E-state index in [2.05, 4.69) is 17.6 Å². The lowest BCUT2D eigenvalue weighted by atomic mass is 9.87. The highest BCUT2D eigenvalue weighted by Gasteiger charge is 2.54. The van der Waals surface area contributed by atoms with Gasteiger partial charge in [-0.25, -0.2) is 0 Å². The fourth-order valence-electron chi connectivity index (χ4n) is 3.93. The highest BCUT2D eigenvalue weighted by Crippen LogP contribution is 2.49. The first-order valence-corrected chi connectivity index (χ1v) is 10.2. The summed E-state index contributed by atoms with van der Waals surface area (Å²) in [5, 5.41) is 28.2. The fraction of sp³-hybridized carbons (Fsp3) is 0.650. The van der Waals surface area contributed by atoms with Crippen molar-refractivity contribution >= 4 is 28.9 Å². The number of anilines is 1. The van der Waals surface area contributed by atoms with Gasteiger partial charge in [-0.2, -0.15) is 0 Å². The van der Waals surface area contributed by atoms with E-state index in [0.717, 1.165) is 25.7 Å². The molecule has 2 saturated carbocycles. The Labute approximate surface area is 170 Å². The number of carbonyl (C=O) groups excluding carboxylic acids is 1. The van der Waals surface area contributed by atoms with E-state index in [9.17, 15) is 20.0 Å². The number of hydrogen-bond donors (Lipinski definition) is 3. The number of nitrogens with zero attached hydrogens (tertiary/aromatic N) is 1. The molecule has 0 saturated heterocycles. The van der Waals surface area contributed by atoms with Crippen molar-refractivity contribution in [2.45, 2.75) is 76.5 Å². The van der Waals surface area contributed by atoms with Crippen LogP contribution in [-0.2, 0) is 0 Å². The Morgan fingerprint density at radius 3 is 2.39 bits per heavy atom. The lowest BCUT2D eigenvalue weighted by Gasteiger charge is -2.31. The number of carbonyl (C=O) groups is 1. The normalized spacial score (nSPS) is 23.8. The van der Waals surface area contributed by atoms with Gasteiger partial charge in [0.2, 0.25) is 0 Å². The second kappa shape index (κ2) is 7.52. The molecule has 2 fully saturated rings. The Hall–Kier alpha value is -1.86. The van der Waals surface area contributed by atoms with Crippen molar-refractivity contribution in [1.82, 2.24) is 5.32 Å². The van der Waals surface area contributed by atoms with Crippen molar-refractivity contribution in [3.8, 4) is 0 Å². The quantitative estimate of drug-likeness (QED) is 0.480. The van der Waals surface area contributed by atoms with E-state index in [1.807, 2.05) is 0 Å². The third-order valence-electron chi connectivity index (χ3n) is 6.17. The van der Waals surface area contributed by atoms with Gasteiger partial charge in [-0.05, 0) is 64.4 Å². The molecule has 28 heavy (non-hydrogen) atoms. The van der Waals surface area contributed by atoms with Gasteiger partial charge in [0.25, 0.3) is 11.6 Å². The van der Waals surface area contributed by atoms with E-state index in [-0.39, 0.29) is 33.9 Å². The molecule has 7 nitrogen and oxygen atoms in total.